The molecular formula is C11H17FN2O3S. The van der Waals surface area contributed by atoms with E-state index in [0.717, 1.165) is 16.4 Å². The lowest BCUT2D eigenvalue weighted by molar-refractivity contribution is 0.173. The summed E-state index contributed by atoms with van der Waals surface area (Å²) in [5.74, 6) is -0.479. The van der Waals surface area contributed by atoms with Crippen LogP contribution in [0.1, 0.15) is 0 Å². The van der Waals surface area contributed by atoms with E-state index in [1.54, 1.807) is 0 Å². The number of hydrogen-bond acceptors (Lipinski definition) is 4. The van der Waals surface area contributed by atoms with Crippen LogP contribution >= 0.6 is 0 Å². The monoisotopic (exact) mass is 276 g/mol. The number of rotatable bonds is 6. The fraction of sp³-hybridized carbons (Fsp3) is 0.455. The van der Waals surface area contributed by atoms with Gasteiger partial charge in [-0.1, -0.05) is 0 Å². The van der Waals surface area contributed by atoms with Crippen LogP contribution in [0.5, 0.6) is 0 Å². The molecule has 0 amide bonds. The molecule has 7 heteroatoms. The van der Waals surface area contributed by atoms with Crippen LogP contribution < -0.4 is 5.73 Å². The lowest BCUT2D eigenvalue weighted by Gasteiger charge is -2.20. The van der Waals surface area contributed by atoms with Gasteiger partial charge in [0.25, 0.3) is 0 Å². The molecule has 0 aliphatic rings. The number of likely N-dealkylation sites (N-methyl/N-ethyl adjacent to an activating group) is 1. The van der Waals surface area contributed by atoms with Gasteiger partial charge in [-0.3, -0.25) is 0 Å². The van der Waals surface area contributed by atoms with Gasteiger partial charge in [-0.05, 0) is 24.3 Å². The molecule has 1 aromatic rings. The Morgan fingerprint density at radius 1 is 1.39 bits per heavy atom. The summed E-state index contributed by atoms with van der Waals surface area (Å²) in [5.41, 5.74) is 5.69. The number of benzene rings is 1. The second-order valence-electron chi connectivity index (χ2n) is 3.95. The molecule has 1 unspecified atom stereocenters. The van der Waals surface area contributed by atoms with Gasteiger partial charge >= 0.3 is 0 Å². The third-order valence-electron chi connectivity index (χ3n) is 2.39. The first kappa shape index (κ1) is 15.0. The predicted octanol–water partition coefficient (Wildman–Crippen LogP) is 0.420. The maximum Gasteiger partial charge on any atom is 0.242 e. The van der Waals surface area contributed by atoms with Crippen molar-refractivity contribution in [2.24, 2.45) is 5.73 Å². The van der Waals surface area contributed by atoms with Crippen LogP contribution in [0.3, 0.4) is 0 Å². The van der Waals surface area contributed by atoms with Crippen LogP contribution in [0.25, 0.3) is 0 Å². The Morgan fingerprint density at radius 3 is 2.44 bits per heavy atom. The summed E-state index contributed by atoms with van der Waals surface area (Å²) in [6.07, 6.45) is 0. The average Bonchev–Trinajstić information content (AvgIpc) is 2.29. The highest BCUT2D eigenvalue weighted by Crippen LogP contribution is 2.14. The fourth-order valence-electron chi connectivity index (χ4n) is 1.48. The molecule has 0 radical (unpaired) electrons. The van der Waals surface area contributed by atoms with E-state index in [0.29, 0.717) is 0 Å². The van der Waals surface area contributed by atoms with Crippen molar-refractivity contribution < 1.29 is 17.5 Å². The molecule has 0 heterocycles. The van der Waals surface area contributed by atoms with Gasteiger partial charge in [-0.2, -0.15) is 4.31 Å². The maximum atomic E-state index is 12.7. The fourth-order valence-corrected chi connectivity index (χ4v) is 2.71. The van der Waals surface area contributed by atoms with E-state index < -0.39 is 21.9 Å². The van der Waals surface area contributed by atoms with Crippen LogP contribution in [0.2, 0.25) is 0 Å². The summed E-state index contributed by atoms with van der Waals surface area (Å²) in [7, 11) is -0.719. The van der Waals surface area contributed by atoms with Crippen molar-refractivity contribution in [1.82, 2.24) is 4.31 Å². The quantitative estimate of drug-likeness (QED) is 0.817. The molecule has 0 aliphatic carbocycles. The van der Waals surface area contributed by atoms with Crippen molar-refractivity contribution in [3.63, 3.8) is 0 Å². The largest absolute Gasteiger partial charge is 0.383 e. The van der Waals surface area contributed by atoms with Crippen molar-refractivity contribution in [3.05, 3.63) is 30.1 Å². The normalized spacial score (nSPS) is 13.8. The van der Waals surface area contributed by atoms with Crippen LogP contribution in [-0.4, -0.2) is 46.1 Å². The van der Waals surface area contributed by atoms with Crippen LogP contribution in [0.4, 0.5) is 4.39 Å². The molecule has 1 atom stereocenters. The summed E-state index contributed by atoms with van der Waals surface area (Å²) in [6.45, 7) is 0.400. The first-order chi connectivity index (χ1) is 8.37. The van der Waals surface area contributed by atoms with Crippen LogP contribution in [-0.2, 0) is 14.8 Å². The van der Waals surface area contributed by atoms with Gasteiger partial charge in [0.2, 0.25) is 10.0 Å². The van der Waals surface area contributed by atoms with E-state index in [2.05, 4.69) is 0 Å². The van der Waals surface area contributed by atoms with Gasteiger partial charge in [0.1, 0.15) is 5.82 Å². The summed E-state index contributed by atoms with van der Waals surface area (Å²) >= 11 is 0. The van der Waals surface area contributed by atoms with Gasteiger partial charge < -0.3 is 10.5 Å². The number of nitrogens with zero attached hydrogens (tertiary/aromatic N) is 1. The van der Waals surface area contributed by atoms with Crippen molar-refractivity contribution in [1.29, 1.82) is 0 Å². The SMILES string of the molecule is COCC(N)CN(C)S(=O)(=O)c1ccc(F)cc1. The first-order valence-corrected chi connectivity index (χ1v) is 6.78. The molecule has 0 bridgehead atoms. The Hall–Kier alpha value is -1.02. The molecule has 2 N–H and O–H groups in total. The topological polar surface area (TPSA) is 72.6 Å². The van der Waals surface area contributed by atoms with E-state index in [1.165, 1.54) is 26.3 Å². The first-order valence-electron chi connectivity index (χ1n) is 5.34. The van der Waals surface area contributed by atoms with E-state index >= 15 is 0 Å². The number of methoxy groups -OCH3 is 1. The summed E-state index contributed by atoms with van der Waals surface area (Å²) in [5, 5.41) is 0. The molecule has 102 valence electrons. The van der Waals surface area contributed by atoms with Crippen molar-refractivity contribution in [2.75, 3.05) is 27.3 Å². The Kier molecular flexibility index (Phi) is 5.21. The number of ether oxygens (including phenoxy) is 1. The Balaban J connectivity index is 2.83. The van der Waals surface area contributed by atoms with Gasteiger partial charge in [0, 0.05) is 26.7 Å². The molecular weight excluding hydrogens is 259 g/mol. The molecule has 0 saturated carbocycles. The predicted molar refractivity (Wildman–Crippen MR) is 66.1 cm³/mol. The van der Waals surface area contributed by atoms with Crippen molar-refractivity contribution >= 4 is 10.0 Å². The lowest BCUT2D eigenvalue weighted by atomic mass is 10.3. The van der Waals surface area contributed by atoms with Gasteiger partial charge in [0.15, 0.2) is 0 Å². The number of nitrogens with two attached hydrogens (primary N) is 1. The minimum atomic E-state index is -3.64. The standard InChI is InChI=1S/C11H17FN2O3S/c1-14(7-10(13)8-17-2)18(15,16)11-5-3-9(12)4-6-11/h3-6,10H,7-8,13H2,1-2H3. The molecule has 0 spiro atoms. The number of halogens is 1. The summed E-state index contributed by atoms with van der Waals surface area (Å²) < 4.78 is 42.9. The van der Waals surface area contributed by atoms with E-state index in [4.69, 9.17) is 10.5 Å². The molecule has 1 rings (SSSR count). The highest BCUT2D eigenvalue weighted by atomic mass is 32.2. The van der Waals surface area contributed by atoms with Crippen molar-refractivity contribution in [2.45, 2.75) is 10.9 Å². The van der Waals surface area contributed by atoms with Gasteiger partial charge in [0.05, 0.1) is 11.5 Å². The zero-order valence-corrected chi connectivity index (χ0v) is 11.2. The van der Waals surface area contributed by atoms with E-state index in [9.17, 15) is 12.8 Å². The number of hydrogen-bond donors (Lipinski definition) is 1. The van der Waals surface area contributed by atoms with Crippen LogP contribution in [0, 0.1) is 5.82 Å². The molecule has 0 fully saturated rings. The lowest BCUT2D eigenvalue weighted by Crippen LogP contribution is -2.41. The summed E-state index contributed by atoms with van der Waals surface area (Å²) in [6, 6.07) is 4.26. The van der Waals surface area contributed by atoms with E-state index in [-0.39, 0.29) is 18.0 Å². The highest BCUT2D eigenvalue weighted by molar-refractivity contribution is 7.89. The molecule has 18 heavy (non-hydrogen) atoms. The third kappa shape index (κ3) is 3.74. The number of sulfonamides is 1. The zero-order chi connectivity index (χ0) is 13.8. The Morgan fingerprint density at radius 2 is 1.94 bits per heavy atom. The zero-order valence-electron chi connectivity index (χ0n) is 10.3. The Labute approximate surface area is 106 Å². The van der Waals surface area contributed by atoms with Gasteiger partial charge in [-0.15, -0.1) is 0 Å². The minimum Gasteiger partial charge on any atom is -0.383 e. The van der Waals surface area contributed by atoms with Crippen molar-refractivity contribution in [3.8, 4) is 0 Å². The molecule has 0 aliphatic heterocycles. The minimum absolute atomic E-state index is 0.0380. The molecule has 0 saturated heterocycles. The van der Waals surface area contributed by atoms with Crippen LogP contribution in [0.15, 0.2) is 29.2 Å². The molecule has 5 nitrogen and oxygen atoms in total. The highest BCUT2D eigenvalue weighted by Gasteiger charge is 2.22. The van der Waals surface area contributed by atoms with Gasteiger partial charge in [-0.25, -0.2) is 12.8 Å². The average molecular weight is 276 g/mol. The smallest absolute Gasteiger partial charge is 0.242 e. The summed E-state index contributed by atoms with van der Waals surface area (Å²) in [4.78, 5) is 0.0380. The maximum absolute atomic E-state index is 12.7. The molecule has 1 aromatic carbocycles. The molecule has 0 aromatic heterocycles. The second-order valence-corrected chi connectivity index (χ2v) is 6.00. The second kappa shape index (κ2) is 6.24. The van der Waals surface area contributed by atoms with E-state index in [1.807, 2.05) is 0 Å². The Bertz CT molecular complexity index is 476. The third-order valence-corrected chi connectivity index (χ3v) is 4.23.